The molecule has 0 saturated carbocycles. The van der Waals surface area contributed by atoms with Gasteiger partial charge >= 0.3 is 6.18 Å². The van der Waals surface area contributed by atoms with Crippen molar-refractivity contribution < 1.29 is 27.4 Å². The molecule has 0 radical (unpaired) electrons. The molecule has 0 aliphatic rings. The summed E-state index contributed by atoms with van der Waals surface area (Å²) < 4.78 is 47.6. The second-order valence-electron chi connectivity index (χ2n) is 3.79. The van der Waals surface area contributed by atoms with E-state index >= 15 is 0 Å². The van der Waals surface area contributed by atoms with Gasteiger partial charge in [0.2, 0.25) is 5.91 Å². The molecule has 0 aliphatic heterocycles. The van der Waals surface area contributed by atoms with Crippen molar-refractivity contribution in [3.63, 3.8) is 0 Å². The summed E-state index contributed by atoms with van der Waals surface area (Å²) in [4.78, 5) is 11.5. The Kier molecular flexibility index (Phi) is 6.44. The molecule has 20 heavy (non-hydrogen) atoms. The Bertz CT molecular complexity index is 466. The lowest BCUT2D eigenvalue weighted by atomic mass is 10.2. The van der Waals surface area contributed by atoms with E-state index in [0.29, 0.717) is 6.61 Å². The lowest BCUT2D eigenvalue weighted by Gasteiger charge is -2.12. The number of amides is 1. The van der Waals surface area contributed by atoms with E-state index in [4.69, 9.17) is 9.47 Å². The van der Waals surface area contributed by atoms with Crippen LogP contribution in [0.5, 0.6) is 0 Å². The van der Waals surface area contributed by atoms with Crippen molar-refractivity contribution in [2.24, 2.45) is 0 Å². The highest BCUT2D eigenvalue weighted by atomic mass is 79.9. The van der Waals surface area contributed by atoms with Crippen LogP contribution in [0.25, 0.3) is 0 Å². The van der Waals surface area contributed by atoms with E-state index in [0.717, 1.165) is 6.07 Å². The van der Waals surface area contributed by atoms with Crippen LogP contribution < -0.4 is 5.32 Å². The fourth-order valence-electron chi connectivity index (χ4n) is 1.32. The Morgan fingerprint density at radius 2 is 2.05 bits per heavy atom. The van der Waals surface area contributed by atoms with E-state index in [2.05, 4.69) is 21.2 Å². The minimum absolute atomic E-state index is 0.0564. The van der Waals surface area contributed by atoms with Gasteiger partial charge in [0.25, 0.3) is 0 Å². The Morgan fingerprint density at radius 1 is 1.35 bits per heavy atom. The highest BCUT2D eigenvalue weighted by Crippen LogP contribution is 2.36. The monoisotopic (exact) mass is 355 g/mol. The molecule has 4 nitrogen and oxygen atoms in total. The number of nitrogens with one attached hydrogen (secondary N) is 1. The molecule has 8 heteroatoms. The quantitative estimate of drug-likeness (QED) is 0.797. The van der Waals surface area contributed by atoms with Gasteiger partial charge in [-0.05, 0) is 18.2 Å². The van der Waals surface area contributed by atoms with Gasteiger partial charge in [0, 0.05) is 17.3 Å². The van der Waals surface area contributed by atoms with E-state index in [-0.39, 0.29) is 23.4 Å². The van der Waals surface area contributed by atoms with Crippen LogP contribution in [0.4, 0.5) is 18.9 Å². The molecule has 0 heterocycles. The number of benzene rings is 1. The number of carbonyl (C=O) groups is 1. The zero-order valence-electron chi connectivity index (χ0n) is 10.6. The Hall–Kier alpha value is -1.12. The Labute approximate surface area is 122 Å². The van der Waals surface area contributed by atoms with Gasteiger partial charge in [-0.3, -0.25) is 4.79 Å². The normalized spacial score (nSPS) is 11.4. The van der Waals surface area contributed by atoms with Crippen molar-refractivity contribution in [3.05, 3.63) is 28.2 Å². The summed E-state index contributed by atoms with van der Waals surface area (Å²) >= 11 is 2.82. The SMILES string of the molecule is COCCOCC(=O)Nc1ccc(Br)c(C(F)(F)F)c1. The summed E-state index contributed by atoms with van der Waals surface area (Å²) in [7, 11) is 1.49. The second-order valence-corrected chi connectivity index (χ2v) is 4.64. The summed E-state index contributed by atoms with van der Waals surface area (Å²) in [5.74, 6) is -0.531. The Balaban J connectivity index is 2.62. The molecule has 112 valence electrons. The van der Waals surface area contributed by atoms with Crippen molar-refractivity contribution >= 4 is 27.5 Å². The first-order chi connectivity index (χ1) is 9.34. The van der Waals surface area contributed by atoms with E-state index in [1.807, 2.05) is 0 Å². The smallest absolute Gasteiger partial charge is 0.382 e. The van der Waals surface area contributed by atoms with Crippen LogP contribution in [0, 0.1) is 0 Å². The average molecular weight is 356 g/mol. The molecule has 0 fully saturated rings. The topological polar surface area (TPSA) is 47.6 Å². The predicted octanol–water partition coefficient (Wildman–Crippen LogP) is 3.07. The number of ether oxygens (including phenoxy) is 2. The number of rotatable bonds is 6. The zero-order valence-corrected chi connectivity index (χ0v) is 12.2. The molecule has 0 spiro atoms. The zero-order chi connectivity index (χ0) is 15.2. The van der Waals surface area contributed by atoms with Crippen LogP contribution in [0.2, 0.25) is 0 Å². The summed E-state index contributed by atoms with van der Waals surface area (Å²) in [6.45, 7) is 0.322. The maximum atomic E-state index is 12.7. The summed E-state index contributed by atoms with van der Waals surface area (Å²) in [5, 5.41) is 2.33. The van der Waals surface area contributed by atoms with Crippen LogP contribution in [-0.2, 0) is 20.4 Å². The molecule has 1 rings (SSSR count). The summed E-state index contributed by atoms with van der Waals surface area (Å²) in [6, 6.07) is 3.45. The van der Waals surface area contributed by atoms with E-state index < -0.39 is 17.6 Å². The number of hydrogen-bond donors (Lipinski definition) is 1. The number of anilines is 1. The van der Waals surface area contributed by atoms with Crippen molar-refractivity contribution in [1.82, 2.24) is 0 Å². The molecule has 0 saturated heterocycles. The van der Waals surface area contributed by atoms with Crippen LogP contribution in [0.3, 0.4) is 0 Å². The molecule has 0 unspecified atom stereocenters. The van der Waals surface area contributed by atoms with Gasteiger partial charge < -0.3 is 14.8 Å². The third-order valence-electron chi connectivity index (χ3n) is 2.22. The molecular formula is C12H13BrF3NO3. The number of halogens is 4. The number of alkyl halides is 3. The van der Waals surface area contributed by atoms with Gasteiger partial charge in [0.15, 0.2) is 0 Å². The lowest BCUT2D eigenvalue weighted by Crippen LogP contribution is -2.20. The summed E-state index contributed by atoms with van der Waals surface area (Å²) in [6.07, 6.45) is -4.49. The predicted molar refractivity (Wildman–Crippen MR) is 70.5 cm³/mol. The van der Waals surface area contributed by atoms with Gasteiger partial charge in [0.1, 0.15) is 6.61 Å². The average Bonchev–Trinajstić information content (AvgIpc) is 2.36. The van der Waals surface area contributed by atoms with Gasteiger partial charge in [0.05, 0.1) is 18.8 Å². The number of carbonyl (C=O) groups excluding carboxylic acids is 1. The lowest BCUT2D eigenvalue weighted by molar-refractivity contribution is -0.138. The van der Waals surface area contributed by atoms with Gasteiger partial charge in [-0.1, -0.05) is 15.9 Å². The molecule has 1 aromatic carbocycles. The van der Waals surface area contributed by atoms with Crippen LogP contribution >= 0.6 is 15.9 Å². The van der Waals surface area contributed by atoms with Crippen LogP contribution in [0.1, 0.15) is 5.56 Å². The van der Waals surface area contributed by atoms with Gasteiger partial charge in [-0.2, -0.15) is 13.2 Å². The maximum absolute atomic E-state index is 12.7. The number of methoxy groups -OCH3 is 1. The van der Waals surface area contributed by atoms with Gasteiger partial charge in [-0.25, -0.2) is 0 Å². The minimum atomic E-state index is -4.49. The molecule has 1 aromatic rings. The minimum Gasteiger partial charge on any atom is -0.382 e. The highest BCUT2D eigenvalue weighted by Gasteiger charge is 2.33. The molecular weight excluding hydrogens is 343 g/mol. The fourth-order valence-corrected chi connectivity index (χ4v) is 1.80. The first-order valence-corrected chi connectivity index (χ1v) is 6.37. The molecule has 0 atom stereocenters. The fraction of sp³-hybridized carbons (Fsp3) is 0.417. The van der Waals surface area contributed by atoms with E-state index in [1.165, 1.54) is 19.2 Å². The standard InChI is InChI=1S/C12H13BrF3NO3/c1-19-4-5-20-7-11(18)17-8-2-3-10(13)9(6-8)12(14,15)16/h2-3,6H,4-5,7H2,1H3,(H,17,18). The first-order valence-electron chi connectivity index (χ1n) is 5.58. The maximum Gasteiger partial charge on any atom is 0.417 e. The molecule has 0 aliphatic carbocycles. The van der Waals surface area contributed by atoms with Crippen LogP contribution in [0.15, 0.2) is 22.7 Å². The van der Waals surface area contributed by atoms with Crippen molar-refractivity contribution in [2.45, 2.75) is 6.18 Å². The second kappa shape index (κ2) is 7.61. The molecule has 0 aromatic heterocycles. The summed E-state index contributed by atoms with van der Waals surface area (Å²) in [5.41, 5.74) is -0.795. The first kappa shape index (κ1) is 16.9. The Morgan fingerprint density at radius 3 is 2.65 bits per heavy atom. The van der Waals surface area contributed by atoms with E-state index in [9.17, 15) is 18.0 Å². The van der Waals surface area contributed by atoms with Crippen LogP contribution in [-0.4, -0.2) is 32.8 Å². The largest absolute Gasteiger partial charge is 0.417 e. The number of hydrogen-bond acceptors (Lipinski definition) is 3. The van der Waals surface area contributed by atoms with Gasteiger partial charge in [-0.15, -0.1) is 0 Å². The van der Waals surface area contributed by atoms with Crippen molar-refractivity contribution in [3.8, 4) is 0 Å². The third kappa shape index (κ3) is 5.48. The van der Waals surface area contributed by atoms with Crippen molar-refractivity contribution in [2.75, 3.05) is 32.2 Å². The molecule has 1 N–H and O–H groups in total. The third-order valence-corrected chi connectivity index (χ3v) is 2.91. The van der Waals surface area contributed by atoms with E-state index in [1.54, 1.807) is 0 Å². The van der Waals surface area contributed by atoms with Crippen molar-refractivity contribution in [1.29, 1.82) is 0 Å². The molecule has 0 bridgehead atoms. The molecule has 1 amide bonds. The highest BCUT2D eigenvalue weighted by molar-refractivity contribution is 9.10.